The fourth-order valence-corrected chi connectivity index (χ4v) is 4.54. The van der Waals surface area contributed by atoms with Crippen LogP contribution >= 0.6 is 11.3 Å². The van der Waals surface area contributed by atoms with Gasteiger partial charge in [0.15, 0.2) is 11.9 Å². The Morgan fingerprint density at radius 3 is 2.47 bits per heavy atom. The van der Waals surface area contributed by atoms with Crippen LogP contribution < -0.4 is 9.64 Å². The average Bonchev–Trinajstić information content (AvgIpc) is 3.33. The summed E-state index contributed by atoms with van der Waals surface area (Å²) in [4.78, 5) is 32.1. The lowest BCUT2D eigenvalue weighted by atomic mass is 10.1. The first-order valence-electron chi connectivity index (χ1n) is 10.3. The van der Waals surface area contributed by atoms with E-state index < -0.39 is 6.10 Å². The first-order chi connectivity index (χ1) is 15.6. The molecule has 4 aromatic rings. The number of carbonyl (C=O) groups excluding carboxylic acids is 2. The van der Waals surface area contributed by atoms with E-state index >= 15 is 0 Å². The molecule has 0 N–H and O–H groups in total. The summed E-state index contributed by atoms with van der Waals surface area (Å²) in [7, 11) is 0. The number of ketones is 1. The summed E-state index contributed by atoms with van der Waals surface area (Å²) in [6.45, 7) is 1.66. The van der Waals surface area contributed by atoms with Gasteiger partial charge in [0.1, 0.15) is 10.8 Å². The monoisotopic (exact) mass is 440 g/mol. The highest BCUT2D eigenvalue weighted by Crippen LogP contribution is 2.38. The smallest absolute Gasteiger partial charge is 0.268 e. The molecule has 0 bridgehead atoms. The molecule has 6 heteroatoms. The van der Waals surface area contributed by atoms with Gasteiger partial charge in [-0.1, -0.05) is 60.7 Å². The van der Waals surface area contributed by atoms with E-state index in [0.717, 1.165) is 21.8 Å². The molecular weight excluding hydrogens is 420 g/mol. The fraction of sp³-hybridized carbons (Fsp3) is 0.115. The van der Waals surface area contributed by atoms with Crippen LogP contribution in [-0.2, 0) is 4.79 Å². The van der Waals surface area contributed by atoms with Gasteiger partial charge in [0, 0.05) is 22.1 Å². The number of rotatable bonds is 5. The van der Waals surface area contributed by atoms with Gasteiger partial charge >= 0.3 is 0 Å². The highest BCUT2D eigenvalue weighted by molar-refractivity contribution is 7.13. The van der Waals surface area contributed by atoms with Crippen LogP contribution in [0.1, 0.15) is 17.3 Å². The van der Waals surface area contributed by atoms with E-state index in [0.29, 0.717) is 17.0 Å². The van der Waals surface area contributed by atoms with E-state index in [9.17, 15) is 9.59 Å². The molecule has 1 atom stereocenters. The molecule has 5 rings (SSSR count). The zero-order chi connectivity index (χ0) is 22.1. The molecule has 0 saturated heterocycles. The molecule has 5 nitrogen and oxygen atoms in total. The van der Waals surface area contributed by atoms with E-state index in [1.807, 2.05) is 72.1 Å². The largest absolute Gasteiger partial charge is 0.479 e. The van der Waals surface area contributed by atoms with E-state index in [2.05, 4.69) is 0 Å². The predicted molar refractivity (Wildman–Crippen MR) is 126 cm³/mol. The number of carbonyl (C=O) groups is 2. The molecule has 1 amide bonds. The van der Waals surface area contributed by atoms with Gasteiger partial charge in [-0.3, -0.25) is 14.5 Å². The summed E-state index contributed by atoms with van der Waals surface area (Å²) in [5, 5.41) is 2.92. The second-order valence-corrected chi connectivity index (χ2v) is 8.42. The number of benzene rings is 3. The molecule has 1 unspecified atom stereocenters. The van der Waals surface area contributed by atoms with E-state index in [4.69, 9.17) is 9.72 Å². The number of aromatic nitrogens is 1. The van der Waals surface area contributed by atoms with Crippen LogP contribution in [0.3, 0.4) is 0 Å². The molecule has 0 fully saturated rings. The Kier molecular flexibility index (Phi) is 5.29. The van der Waals surface area contributed by atoms with Gasteiger partial charge < -0.3 is 4.74 Å². The number of Topliss-reactive ketones (excluding diaryl/α,β-unsaturated/α-hetero) is 1. The molecule has 0 spiro atoms. The molecule has 0 saturated carbocycles. The molecule has 1 aliphatic rings. The van der Waals surface area contributed by atoms with Crippen molar-refractivity contribution in [3.63, 3.8) is 0 Å². The van der Waals surface area contributed by atoms with Gasteiger partial charge in [-0.05, 0) is 25.1 Å². The van der Waals surface area contributed by atoms with Crippen molar-refractivity contribution in [1.82, 2.24) is 4.98 Å². The lowest BCUT2D eigenvalue weighted by molar-refractivity contribution is -0.125. The summed E-state index contributed by atoms with van der Waals surface area (Å²) in [5.74, 6) is 0.229. The molecule has 3 aromatic carbocycles. The van der Waals surface area contributed by atoms with Crippen LogP contribution in [0.4, 0.5) is 5.69 Å². The Hall–Kier alpha value is -3.77. The molecule has 158 valence electrons. The minimum atomic E-state index is -0.652. The second-order valence-electron chi connectivity index (χ2n) is 7.56. The molecule has 2 heterocycles. The minimum Gasteiger partial charge on any atom is -0.479 e. The Bertz CT molecular complexity index is 1280. The molecular formula is C26H20N2O3S. The summed E-state index contributed by atoms with van der Waals surface area (Å²) in [6.07, 6.45) is -0.652. The van der Waals surface area contributed by atoms with Crippen LogP contribution in [-0.4, -0.2) is 29.3 Å². The van der Waals surface area contributed by atoms with Crippen LogP contribution in [0.5, 0.6) is 5.75 Å². The van der Waals surface area contributed by atoms with Crippen molar-refractivity contribution in [3.8, 4) is 27.6 Å². The first kappa shape index (κ1) is 20.2. The number of fused-ring (bicyclic) bond motifs is 1. The standard InChI is InChI=1S/C26H20N2O3S/c1-17-26(30)28(15-23(29)18-8-4-2-5-9-18)22-14-20(12-13-24(22)31-17)21-16-32-25(27-21)19-10-6-3-7-11-19/h2-14,16-17H,15H2,1H3. The lowest BCUT2D eigenvalue weighted by Gasteiger charge is -2.33. The van der Waals surface area contributed by atoms with Crippen molar-refractivity contribution in [2.45, 2.75) is 13.0 Å². The third kappa shape index (κ3) is 3.81. The number of hydrogen-bond donors (Lipinski definition) is 0. The average molecular weight is 441 g/mol. The van der Waals surface area contributed by atoms with E-state index in [1.54, 1.807) is 30.4 Å². The number of anilines is 1. The van der Waals surface area contributed by atoms with Gasteiger partial charge in [-0.2, -0.15) is 0 Å². The van der Waals surface area contributed by atoms with Crippen molar-refractivity contribution in [2.75, 3.05) is 11.4 Å². The third-order valence-corrected chi connectivity index (χ3v) is 6.28. The summed E-state index contributed by atoms with van der Waals surface area (Å²) < 4.78 is 5.81. The van der Waals surface area contributed by atoms with Crippen LogP contribution in [0, 0.1) is 0 Å². The van der Waals surface area contributed by atoms with Crippen LogP contribution in [0.2, 0.25) is 0 Å². The van der Waals surface area contributed by atoms with Gasteiger partial charge in [0.05, 0.1) is 17.9 Å². The maximum atomic E-state index is 12.9. The molecule has 1 aromatic heterocycles. The van der Waals surface area contributed by atoms with E-state index in [1.165, 1.54) is 4.90 Å². The number of amides is 1. The SMILES string of the molecule is CC1Oc2ccc(-c3csc(-c4ccccc4)n3)cc2N(CC(=O)c2ccccc2)C1=O. The Labute approximate surface area is 189 Å². The number of ether oxygens (including phenoxy) is 1. The summed E-state index contributed by atoms with van der Waals surface area (Å²) in [5.41, 5.74) is 3.90. The lowest BCUT2D eigenvalue weighted by Crippen LogP contribution is -2.46. The topological polar surface area (TPSA) is 59.5 Å². The number of hydrogen-bond acceptors (Lipinski definition) is 5. The first-order valence-corrected chi connectivity index (χ1v) is 11.2. The minimum absolute atomic E-state index is 0.0423. The third-order valence-electron chi connectivity index (χ3n) is 5.39. The fourth-order valence-electron chi connectivity index (χ4n) is 3.71. The van der Waals surface area contributed by atoms with Crippen molar-refractivity contribution in [3.05, 3.63) is 89.8 Å². The van der Waals surface area contributed by atoms with Crippen molar-refractivity contribution in [1.29, 1.82) is 0 Å². The maximum absolute atomic E-state index is 12.9. The normalized spacial score (nSPS) is 15.2. The van der Waals surface area contributed by atoms with E-state index in [-0.39, 0.29) is 18.2 Å². The second kappa shape index (κ2) is 8.40. The quantitative estimate of drug-likeness (QED) is 0.386. The molecule has 0 radical (unpaired) electrons. The Balaban J connectivity index is 1.49. The van der Waals surface area contributed by atoms with Gasteiger partial charge in [-0.25, -0.2) is 4.98 Å². The molecule has 0 aliphatic carbocycles. The van der Waals surface area contributed by atoms with Crippen molar-refractivity contribution in [2.24, 2.45) is 0 Å². The van der Waals surface area contributed by atoms with Gasteiger partial charge in [-0.15, -0.1) is 11.3 Å². The van der Waals surface area contributed by atoms with Crippen LogP contribution in [0.15, 0.2) is 84.2 Å². The highest BCUT2D eigenvalue weighted by Gasteiger charge is 2.33. The van der Waals surface area contributed by atoms with Gasteiger partial charge in [0.25, 0.3) is 5.91 Å². The number of nitrogens with zero attached hydrogens (tertiary/aromatic N) is 2. The molecule has 1 aliphatic heterocycles. The zero-order valence-electron chi connectivity index (χ0n) is 17.4. The predicted octanol–water partition coefficient (Wildman–Crippen LogP) is 5.47. The summed E-state index contributed by atoms with van der Waals surface area (Å²) >= 11 is 1.57. The van der Waals surface area contributed by atoms with Crippen LogP contribution in [0.25, 0.3) is 21.8 Å². The molecule has 32 heavy (non-hydrogen) atoms. The Morgan fingerprint density at radius 1 is 1.00 bits per heavy atom. The Morgan fingerprint density at radius 2 is 1.72 bits per heavy atom. The number of thiazole rings is 1. The van der Waals surface area contributed by atoms with Crippen molar-refractivity contribution < 1.29 is 14.3 Å². The highest BCUT2D eigenvalue weighted by atomic mass is 32.1. The van der Waals surface area contributed by atoms with Crippen molar-refractivity contribution >= 4 is 28.7 Å². The van der Waals surface area contributed by atoms with Gasteiger partial charge in [0.2, 0.25) is 0 Å². The maximum Gasteiger partial charge on any atom is 0.268 e. The zero-order valence-corrected chi connectivity index (χ0v) is 18.2. The summed E-state index contributed by atoms with van der Waals surface area (Å²) in [6, 6.07) is 24.7.